The minimum absolute atomic E-state index is 0.0735. The molecule has 4 N–H and O–H groups in total. The van der Waals surface area contributed by atoms with Crippen LogP contribution in [0.15, 0.2) is 36.9 Å². The van der Waals surface area contributed by atoms with Gasteiger partial charge < -0.3 is 35.4 Å². The summed E-state index contributed by atoms with van der Waals surface area (Å²) in [6, 6.07) is 3.63. The number of hydrogen-bond donors (Lipinski definition) is 4. The van der Waals surface area contributed by atoms with Gasteiger partial charge in [-0.05, 0) is 63.6 Å². The zero-order chi connectivity index (χ0) is 35.2. The maximum Gasteiger partial charge on any atom is 0.408 e. The van der Waals surface area contributed by atoms with Crippen molar-refractivity contribution in [1.82, 2.24) is 25.8 Å². The highest BCUT2D eigenvalue weighted by Crippen LogP contribution is 2.45. The van der Waals surface area contributed by atoms with E-state index in [0.29, 0.717) is 32.4 Å². The highest BCUT2D eigenvalue weighted by molar-refractivity contribution is 5.98. The number of ketones is 1. The Morgan fingerprint density at radius 1 is 1.17 bits per heavy atom. The van der Waals surface area contributed by atoms with Crippen molar-refractivity contribution < 1.29 is 43.3 Å². The Balaban J connectivity index is 1.33. The summed E-state index contributed by atoms with van der Waals surface area (Å²) in [6.45, 7) is 10.5. The lowest BCUT2D eigenvalue weighted by Gasteiger charge is -2.27. The number of alkyl carbamates (subject to hydrolysis) is 1. The predicted octanol–water partition coefficient (Wildman–Crippen LogP) is 2.36. The maximum absolute atomic E-state index is 13.2. The van der Waals surface area contributed by atoms with E-state index in [4.69, 9.17) is 9.47 Å². The van der Waals surface area contributed by atoms with Crippen LogP contribution in [0.25, 0.3) is 6.08 Å². The van der Waals surface area contributed by atoms with Crippen molar-refractivity contribution in [3.8, 4) is 0 Å². The highest BCUT2D eigenvalue weighted by Gasteiger charge is 2.58. The van der Waals surface area contributed by atoms with Crippen molar-refractivity contribution >= 4 is 41.8 Å². The van der Waals surface area contributed by atoms with Crippen molar-refractivity contribution in [3.05, 3.63) is 53.6 Å². The maximum atomic E-state index is 13.2. The molecule has 0 bridgehead atoms. The first-order valence-corrected chi connectivity index (χ1v) is 16.0. The Labute approximate surface area is 279 Å². The molecule has 1 saturated carbocycles. The summed E-state index contributed by atoms with van der Waals surface area (Å²) >= 11 is 0. The zero-order valence-electron chi connectivity index (χ0n) is 27.9. The average Bonchev–Trinajstić information content (AvgIpc) is 3.31. The van der Waals surface area contributed by atoms with Gasteiger partial charge in [0.05, 0.1) is 26.3 Å². The third-order valence-corrected chi connectivity index (χ3v) is 8.66. The predicted molar refractivity (Wildman–Crippen MR) is 174 cm³/mol. The Morgan fingerprint density at radius 2 is 1.92 bits per heavy atom. The molecule has 0 spiro atoms. The summed E-state index contributed by atoms with van der Waals surface area (Å²) in [5.41, 5.74) is 0.883. The summed E-state index contributed by atoms with van der Waals surface area (Å²) in [4.78, 5) is 78.4. The molecule has 5 amide bonds. The van der Waals surface area contributed by atoms with Crippen molar-refractivity contribution in [2.75, 3.05) is 26.3 Å². The largest absolute Gasteiger partial charge is 0.465 e. The van der Waals surface area contributed by atoms with E-state index in [1.807, 2.05) is 18.2 Å². The van der Waals surface area contributed by atoms with E-state index in [1.54, 1.807) is 39.0 Å². The Bertz CT molecular complexity index is 1490. The molecule has 0 aromatic heterocycles. The second kappa shape index (κ2) is 15.0. The molecule has 14 heteroatoms. The van der Waals surface area contributed by atoms with Gasteiger partial charge in [0, 0.05) is 19.0 Å². The number of ether oxygens (including phenoxy) is 2. The zero-order valence-corrected chi connectivity index (χ0v) is 27.9. The second-order valence-corrected chi connectivity index (χ2v) is 13.3. The number of nitrogens with one attached hydrogen (secondary N) is 3. The molecule has 1 saturated heterocycles. The lowest BCUT2D eigenvalue weighted by molar-refractivity contribution is -0.140. The molecule has 48 heavy (non-hydrogen) atoms. The summed E-state index contributed by atoms with van der Waals surface area (Å²) < 4.78 is 11.0. The number of amides is 5. The molecule has 2 fully saturated rings. The molecule has 4 atom stereocenters. The van der Waals surface area contributed by atoms with Crippen LogP contribution in [-0.4, -0.2) is 100 Å². The minimum Gasteiger partial charge on any atom is -0.465 e. The molecule has 1 aliphatic carbocycles. The van der Waals surface area contributed by atoms with Gasteiger partial charge in [-0.3, -0.25) is 24.1 Å². The number of likely N-dealkylation sites (tertiary alicyclic amines) is 1. The second-order valence-electron chi connectivity index (χ2n) is 13.3. The normalized spacial score (nSPS) is 22.1. The first-order valence-electron chi connectivity index (χ1n) is 16.0. The molecule has 14 nitrogen and oxygen atoms in total. The average molecular weight is 668 g/mol. The Hall–Kier alpha value is -4.72. The van der Waals surface area contributed by atoms with Crippen LogP contribution in [0.1, 0.15) is 63.6 Å². The molecular formula is C34H45N5O9. The number of nitrogens with zero attached hydrogens (tertiary/aromatic N) is 2. The molecule has 2 aliphatic heterocycles. The van der Waals surface area contributed by atoms with Crippen LogP contribution >= 0.6 is 0 Å². The van der Waals surface area contributed by atoms with Gasteiger partial charge in [0.2, 0.25) is 17.7 Å². The van der Waals surface area contributed by atoms with E-state index in [2.05, 4.69) is 22.5 Å². The van der Waals surface area contributed by atoms with Crippen LogP contribution in [0.4, 0.5) is 9.59 Å². The molecule has 3 unspecified atom stereocenters. The fourth-order valence-electron chi connectivity index (χ4n) is 6.04. The molecule has 1 aromatic carbocycles. The fourth-order valence-corrected chi connectivity index (χ4v) is 6.04. The van der Waals surface area contributed by atoms with E-state index >= 15 is 0 Å². The highest BCUT2D eigenvalue weighted by atomic mass is 16.6. The quantitative estimate of drug-likeness (QED) is 0.181. The van der Waals surface area contributed by atoms with Gasteiger partial charge in [0.25, 0.3) is 0 Å². The smallest absolute Gasteiger partial charge is 0.408 e. The van der Waals surface area contributed by atoms with Crippen LogP contribution in [-0.2, 0) is 41.7 Å². The molecule has 2 heterocycles. The van der Waals surface area contributed by atoms with Gasteiger partial charge in [0.15, 0.2) is 5.78 Å². The monoisotopic (exact) mass is 667 g/mol. The Morgan fingerprint density at radius 3 is 2.56 bits per heavy atom. The third kappa shape index (κ3) is 8.79. The number of carbonyl (C=O) groups excluding carboxylic acids is 5. The number of Topliss-reactive ketones (excluding diaryl/α,β-unsaturated/α-hetero) is 1. The number of carboxylic acid groups (broad SMARTS) is 1. The SMILES string of the molecule is C=CC1C[C@]1(NC(=O)C1CCCN1C(=O)CNC(=O)C(COC/C=C/c1cccc2c1CN(C(=O)O)C2)NC(=O)OC(C)(C)C)C(C)=O. The van der Waals surface area contributed by atoms with Gasteiger partial charge in [0.1, 0.15) is 23.2 Å². The van der Waals surface area contributed by atoms with E-state index in [-0.39, 0.29) is 31.5 Å². The minimum atomic E-state index is -1.20. The number of rotatable bonds is 13. The van der Waals surface area contributed by atoms with Crippen LogP contribution < -0.4 is 16.0 Å². The van der Waals surface area contributed by atoms with Crippen molar-refractivity contribution in [2.24, 2.45) is 5.92 Å². The molecule has 0 radical (unpaired) electrons. The first kappa shape index (κ1) is 36.1. The van der Waals surface area contributed by atoms with Gasteiger partial charge in [-0.2, -0.15) is 0 Å². The first-order chi connectivity index (χ1) is 22.6. The summed E-state index contributed by atoms with van der Waals surface area (Å²) in [5.74, 6) is -1.90. The molecule has 4 rings (SSSR count). The van der Waals surface area contributed by atoms with E-state index in [9.17, 15) is 33.9 Å². The van der Waals surface area contributed by atoms with Crippen LogP contribution in [0.2, 0.25) is 0 Å². The van der Waals surface area contributed by atoms with E-state index in [1.165, 1.54) is 16.7 Å². The van der Waals surface area contributed by atoms with Crippen LogP contribution in [0.5, 0.6) is 0 Å². The van der Waals surface area contributed by atoms with Crippen molar-refractivity contribution in [1.29, 1.82) is 0 Å². The summed E-state index contributed by atoms with van der Waals surface area (Å²) in [5, 5.41) is 17.2. The topological polar surface area (TPSA) is 184 Å². The lowest BCUT2D eigenvalue weighted by atomic mass is 10.0. The van der Waals surface area contributed by atoms with Gasteiger partial charge in [-0.1, -0.05) is 36.4 Å². The molecule has 3 aliphatic rings. The van der Waals surface area contributed by atoms with Gasteiger partial charge in [-0.15, -0.1) is 6.58 Å². The number of fused-ring (bicyclic) bond motifs is 1. The number of hydrogen-bond acceptors (Lipinski definition) is 8. The standard InChI is InChI=1S/C34H45N5O9/c1-6-24-16-34(24,21(2)40)37-30(43)27-13-8-14-39(27)28(41)17-35-29(42)26(36-31(44)48-33(3,4)5)20-47-15-9-12-22-10-7-11-23-18-38(32(45)46)19-25(22)23/h6-7,9-12,24,26-27H,1,8,13-20H2,2-5H3,(H,35,42)(H,36,44)(H,37,43)(H,45,46)/b12-9+/t24?,26?,27?,34-/m0/s1. The fraction of sp³-hybridized carbons (Fsp3) is 0.529. The summed E-state index contributed by atoms with van der Waals surface area (Å²) in [7, 11) is 0. The number of carbonyl (C=O) groups is 6. The van der Waals surface area contributed by atoms with E-state index in [0.717, 1.165) is 16.7 Å². The van der Waals surface area contributed by atoms with Gasteiger partial charge in [-0.25, -0.2) is 9.59 Å². The molecule has 260 valence electrons. The summed E-state index contributed by atoms with van der Waals surface area (Å²) in [6.07, 6.45) is 4.82. The third-order valence-electron chi connectivity index (χ3n) is 8.66. The lowest BCUT2D eigenvalue weighted by Crippen LogP contribution is -2.55. The van der Waals surface area contributed by atoms with Crippen molar-refractivity contribution in [2.45, 2.75) is 83.3 Å². The van der Waals surface area contributed by atoms with Gasteiger partial charge >= 0.3 is 12.2 Å². The van der Waals surface area contributed by atoms with Crippen LogP contribution in [0, 0.1) is 5.92 Å². The van der Waals surface area contributed by atoms with Crippen molar-refractivity contribution in [3.63, 3.8) is 0 Å². The van der Waals surface area contributed by atoms with Crippen LogP contribution in [0.3, 0.4) is 0 Å². The molecule has 1 aromatic rings. The molecular weight excluding hydrogens is 622 g/mol. The van der Waals surface area contributed by atoms with E-state index < -0.39 is 59.7 Å². The Kier molecular flexibility index (Phi) is 11.3. The number of benzene rings is 1.